The van der Waals surface area contributed by atoms with Crippen molar-refractivity contribution in [2.24, 2.45) is 16.3 Å². The number of amides is 1. The summed E-state index contributed by atoms with van der Waals surface area (Å²) in [5.74, 6) is 1.06. The topological polar surface area (TPSA) is 75.2 Å². The summed E-state index contributed by atoms with van der Waals surface area (Å²) in [5, 5.41) is 7.01. The van der Waals surface area contributed by atoms with Crippen molar-refractivity contribution in [3.63, 3.8) is 0 Å². The summed E-state index contributed by atoms with van der Waals surface area (Å²) < 4.78 is 11.5. The number of nitrogens with one attached hydrogen (secondary N) is 2. The van der Waals surface area contributed by atoms with E-state index in [9.17, 15) is 4.79 Å². The van der Waals surface area contributed by atoms with Crippen LogP contribution in [-0.2, 0) is 14.3 Å². The van der Waals surface area contributed by atoms with E-state index in [-0.39, 0.29) is 60.1 Å². The molecule has 0 radical (unpaired) electrons. The van der Waals surface area contributed by atoms with Gasteiger partial charge in [-0.05, 0) is 25.7 Å². The van der Waals surface area contributed by atoms with Crippen LogP contribution in [0.25, 0.3) is 0 Å². The van der Waals surface area contributed by atoms with Gasteiger partial charge in [0.2, 0.25) is 5.91 Å². The fraction of sp³-hybridized carbons (Fsp3) is 0.900. The standard InChI is InChI=1S/C20H38N4O3.HI/c1-7-20(8-2)17(14(3)18(20)26-6)23-19(22-13-16(25)24(4)5)21-12-15-10-9-11-27-15;/h14-15,17-18H,7-13H2,1-6H3,(H2,21,22,23);1H. The molecule has 1 heterocycles. The van der Waals surface area contributed by atoms with Crippen molar-refractivity contribution in [3.05, 3.63) is 0 Å². The first kappa shape index (κ1) is 25.4. The normalized spacial score (nSPS) is 28.9. The molecular weight excluding hydrogens is 471 g/mol. The van der Waals surface area contributed by atoms with Crippen molar-refractivity contribution < 1.29 is 14.3 Å². The fourth-order valence-corrected chi connectivity index (χ4v) is 4.70. The van der Waals surface area contributed by atoms with Crippen LogP contribution in [0.4, 0.5) is 0 Å². The summed E-state index contributed by atoms with van der Waals surface area (Å²) >= 11 is 0. The molecule has 1 aliphatic heterocycles. The monoisotopic (exact) mass is 510 g/mol. The van der Waals surface area contributed by atoms with Gasteiger partial charge in [0.15, 0.2) is 5.96 Å². The van der Waals surface area contributed by atoms with Crippen molar-refractivity contribution >= 4 is 35.8 Å². The number of guanidine groups is 1. The third-order valence-electron chi connectivity index (χ3n) is 6.44. The maximum Gasteiger partial charge on any atom is 0.243 e. The van der Waals surface area contributed by atoms with Crippen molar-refractivity contribution in [1.82, 2.24) is 15.5 Å². The van der Waals surface area contributed by atoms with Crippen LogP contribution >= 0.6 is 24.0 Å². The maximum atomic E-state index is 12.0. The summed E-state index contributed by atoms with van der Waals surface area (Å²) in [6.07, 6.45) is 4.72. The van der Waals surface area contributed by atoms with Crippen LogP contribution < -0.4 is 10.6 Å². The SMILES string of the molecule is CCC1(CC)C(NC(=NCC(=O)N(C)C)NCC2CCCO2)C(C)C1OC.I. The zero-order chi connectivity index (χ0) is 20.0. The third-order valence-corrected chi connectivity index (χ3v) is 6.44. The minimum Gasteiger partial charge on any atom is -0.380 e. The van der Waals surface area contributed by atoms with Gasteiger partial charge in [0.25, 0.3) is 0 Å². The lowest BCUT2D eigenvalue weighted by Crippen LogP contribution is -2.71. The number of hydrogen-bond acceptors (Lipinski definition) is 4. The van der Waals surface area contributed by atoms with Gasteiger partial charge in [-0.1, -0.05) is 20.8 Å². The molecule has 28 heavy (non-hydrogen) atoms. The Hall–Kier alpha value is -0.610. The molecule has 7 nitrogen and oxygen atoms in total. The van der Waals surface area contributed by atoms with Crippen LogP contribution in [-0.4, -0.2) is 75.9 Å². The molecule has 8 heteroatoms. The molecule has 2 fully saturated rings. The number of hydrogen-bond donors (Lipinski definition) is 2. The van der Waals surface area contributed by atoms with E-state index in [0.29, 0.717) is 18.4 Å². The molecule has 0 spiro atoms. The first-order chi connectivity index (χ1) is 12.9. The van der Waals surface area contributed by atoms with Crippen molar-refractivity contribution in [2.75, 3.05) is 40.9 Å². The third kappa shape index (κ3) is 5.50. The van der Waals surface area contributed by atoms with Gasteiger partial charge in [-0.25, -0.2) is 4.99 Å². The zero-order valence-electron chi connectivity index (χ0n) is 18.3. The van der Waals surface area contributed by atoms with E-state index in [4.69, 9.17) is 9.47 Å². The summed E-state index contributed by atoms with van der Waals surface area (Å²) in [7, 11) is 5.31. The van der Waals surface area contributed by atoms with Crippen LogP contribution in [0.5, 0.6) is 0 Å². The van der Waals surface area contributed by atoms with E-state index >= 15 is 0 Å². The number of carbonyl (C=O) groups is 1. The van der Waals surface area contributed by atoms with Gasteiger partial charge >= 0.3 is 0 Å². The highest BCUT2D eigenvalue weighted by Crippen LogP contribution is 2.52. The predicted octanol–water partition coefficient (Wildman–Crippen LogP) is 2.25. The minimum atomic E-state index is -0.0121. The Kier molecular flexibility index (Phi) is 10.5. The molecule has 164 valence electrons. The van der Waals surface area contributed by atoms with E-state index in [1.807, 2.05) is 0 Å². The second kappa shape index (κ2) is 11.5. The van der Waals surface area contributed by atoms with Gasteiger partial charge in [-0.15, -0.1) is 24.0 Å². The lowest BCUT2D eigenvalue weighted by molar-refractivity contribution is -0.163. The molecule has 1 saturated heterocycles. The molecule has 1 amide bonds. The summed E-state index contributed by atoms with van der Waals surface area (Å²) in [6.45, 7) is 8.34. The molecule has 0 aromatic carbocycles. The highest BCUT2D eigenvalue weighted by molar-refractivity contribution is 14.0. The van der Waals surface area contributed by atoms with E-state index in [0.717, 1.165) is 32.3 Å². The molecule has 1 aliphatic carbocycles. The molecule has 4 unspecified atom stereocenters. The highest BCUT2D eigenvalue weighted by atomic mass is 127. The lowest BCUT2D eigenvalue weighted by Gasteiger charge is -2.60. The van der Waals surface area contributed by atoms with Gasteiger partial charge < -0.3 is 25.0 Å². The van der Waals surface area contributed by atoms with Crippen molar-refractivity contribution in [3.8, 4) is 0 Å². The number of ether oxygens (including phenoxy) is 2. The van der Waals surface area contributed by atoms with Crippen molar-refractivity contribution in [2.45, 2.75) is 64.7 Å². The van der Waals surface area contributed by atoms with E-state index in [1.54, 1.807) is 26.1 Å². The van der Waals surface area contributed by atoms with E-state index in [2.05, 4.69) is 36.4 Å². The Labute approximate surface area is 187 Å². The second-order valence-electron chi connectivity index (χ2n) is 8.05. The fourth-order valence-electron chi connectivity index (χ4n) is 4.70. The number of carbonyl (C=O) groups excluding carboxylic acids is 1. The summed E-state index contributed by atoms with van der Waals surface area (Å²) in [5.41, 5.74) is 0.0893. The number of halogens is 1. The summed E-state index contributed by atoms with van der Waals surface area (Å²) in [4.78, 5) is 18.1. The molecule has 2 aliphatic rings. The zero-order valence-corrected chi connectivity index (χ0v) is 20.6. The van der Waals surface area contributed by atoms with Gasteiger partial charge in [0.1, 0.15) is 6.54 Å². The number of nitrogens with zero attached hydrogens (tertiary/aromatic N) is 2. The van der Waals surface area contributed by atoms with Crippen LogP contribution in [0.2, 0.25) is 0 Å². The molecule has 2 N–H and O–H groups in total. The van der Waals surface area contributed by atoms with Crippen LogP contribution in [0.1, 0.15) is 46.5 Å². The van der Waals surface area contributed by atoms with Crippen molar-refractivity contribution in [1.29, 1.82) is 0 Å². The Morgan fingerprint density at radius 3 is 2.50 bits per heavy atom. The van der Waals surface area contributed by atoms with Gasteiger partial charge in [0.05, 0.1) is 12.2 Å². The van der Waals surface area contributed by atoms with E-state index in [1.165, 1.54) is 0 Å². The minimum absolute atomic E-state index is 0. The molecule has 0 bridgehead atoms. The van der Waals surface area contributed by atoms with Gasteiger partial charge in [-0.2, -0.15) is 0 Å². The Bertz CT molecular complexity index is 520. The Morgan fingerprint density at radius 2 is 2.00 bits per heavy atom. The van der Waals surface area contributed by atoms with Gasteiger partial charge in [-0.3, -0.25) is 4.79 Å². The Balaban J connectivity index is 0.00000392. The smallest absolute Gasteiger partial charge is 0.243 e. The molecule has 4 atom stereocenters. The Morgan fingerprint density at radius 1 is 1.32 bits per heavy atom. The predicted molar refractivity (Wildman–Crippen MR) is 123 cm³/mol. The van der Waals surface area contributed by atoms with E-state index < -0.39 is 0 Å². The molecule has 0 aromatic rings. The highest BCUT2D eigenvalue weighted by Gasteiger charge is 2.58. The quantitative estimate of drug-likeness (QED) is 0.298. The maximum absolute atomic E-state index is 12.0. The molecule has 1 saturated carbocycles. The average molecular weight is 510 g/mol. The summed E-state index contributed by atoms with van der Waals surface area (Å²) in [6, 6.07) is 0.266. The number of rotatable bonds is 8. The van der Waals surface area contributed by atoms with Crippen LogP contribution in [0.15, 0.2) is 4.99 Å². The average Bonchev–Trinajstić information content (AvgIpc) is 3.18. The molecule has 0 aromatic heterocycles. The number of methoxy groups -OCH3 is 1. The molecule has 2 rings (SSSR count). The van der Waals surface area contributed by atoms with Crippen LogP contribution in [0.3, 0.4) is 0 Å². The van der Waals surface area contributed by atoms with Crippen LogP contribution in [0, 0.1) is 11.3 Å². The first-order valence-corrected chi connectivity index (χ1v) is 10.3. The number of likely N-dealkylation sites (N-methyl/N-ethyl adjacent to an activating group) is 1. The largest absolute Gasteiger partial charge is 0.380 e. The molecular formula is C20H39IN4O3. The second-order valence-corrected chi connectivity index (χ2v) is 8.05. The van der Waals surface area contributed by atoms with Gasteiger partial charge in [0, 0.05) is 51.7 Å². The number of aliphatic imine (C=N–C) groups is 1. The lowest BCUT2D eigenvalue weighted by atomic mass is 9.53. The first-order valence-electron chi connectivity index (χ1n) is 10.3.